The van der Waals surface area contributed by atoms with Gasteiger partial charge in [0.15, 0.2) is 0 Å². The summed E-state index contributed by atoms with van der Waals surface area (Å²) in [5.41, 5.74) is 1.81. The fraction of sp³-hybridized carbons (Fsp3) is 0. The van der Waals surface area contributed by atoms with Crippen LogP contribution in [0.3, 0.4) is 0 Å². The third-order valence-electron chi connectivity index (χ3n) is 6.29. The van der Waals surface area contributed by atoms with Crippen molar-refractivity contribution < 1.29 is 14.5 Å². The van der Waals surface area contributed by atoms with Gasteiger partial charge in [0.05, 0.1) is 0 Å². The number of hydrogen-bond acceptors (Lipinski definition) is 3. The first kappa shape index (κ1) is 20.4. The fourth-order valence-corrected chi connectivity index (χ4v) is 9.30. The van der Waals surface area contributed by atoms with Crippen molar-refractivity contribution >= 4 is 45.3 Å². The molecule has 0 radical (unpaired) electrons. The van der Waals surface area contributed by atoms with Crippen LogP contribution in [0.15, 0.2) is 115 Å². The molecule has 0 atom stereocenters. The Morgan fingerprint density at radius 3 is 1.70 bits per heavy atom. The van der Waals surface area contributed by atoms with E-state index >= 15 is 0 Å². The standard InChI is InChI=1S/C28H20ClO3P/c29-21-16-17-24-26(18-21)28(25(19-27(24)30)20-10-4-1-5-11-20)33(31-32-33,22-12-6-2-7-13-22)23-14-8-3-9-15-23/h1-19,30H. The Labute approximate surface area is 196 Å². The number of hydrogen-bond donors (Lipinski definition) is 1. The summed E-state index contributed by atoms with van der Waals surface area (Å²) in [5, 5.41) is 15.9. The molecule has 162 valence electrons. The third-order valence-corrected chi connectivity index (χ3v) is 10.9. The molecular weight excluding hydrogens is 451 g/mol. The summed E-state index contributed by atoms with van der Waals surface area (Å²) in [6.45, 7) is 0. The van der Waals surface area contributed by atoms with E-state index in [2.05, 4.69) is 24.3 Å². The number of phenols is 1. The van der Waals surface area contributed by atoms with E-state index in [0.717, 1.165) is 32.4 Å². The molecule has 0 aromatic heterocycles. The SMILES string of the molecule is Oc1cc(-c2ccccc2)c(P2(c3ccccc3)(c3ccccc3)OO2)c2cc(Cl)ccc12. The Bertz CT molecular complexity index is 1440. The maximum atomic E-state index is 11.0. The Kier molecular flexibility index (Phi) is 4.58. The van der Waals surface area contributed by atoms with Gasteiger partial charge >= 0.3 is 197 Å². The number of rotatable bonds is 4. The summed E-state index contributed by atoms with van der Waals surface area (Å²) in [7, 11) is -3.75. The van der Waals surface area contributed by atoms with E-state index in [9.17, 15) is 5.11 Å². The zero-order valence-electron chi connectivity index (χ0n) is 17.6. The van der Waals surface area contributed by atoms with Gasteiger partial charge in [0, 0.05) is 0 Å². The zero-order valence-corrected chi connectivity index (χ0v) is 19.2. The molecule has 33 heavy (non-hydrogen) atoms. The van der Waals surface area contributed by atoms with Crippen LogP contribution in [0.2, 0.25) is 5.02 Å². The second-order valence-electron chi connectivity index (χ2n) is 8.13. The van der Waals surface area contributed by atoms with Gasteiger partial charge in [-0.1, -0.05) is 0 Å². The van der Waals surface area contributed by atoms with E-state index in [0.29, 0.717) is 10.4 Å². The summed E-state index contributed by atoms with van der Waals surface area (Å²) < 4.78 is 12.6. The van der Waals surface area contributed by atoms with Gasteiger partial charge in [0.2, 0.25) is 0 Å². The van der Waals surface area contributed by atoms with Crippen molar-refractivity contribution in [1.29, 1.82) is 0 Å². The first-order chi connectivity index (χ1) is 16.1. The molecule has 6 rings (SSSR count). The minimum atomic E-state index is -3.75. The van der Waals surface area contributed by atoms with Gasteiger partial charge in [-0.3, -0.25) is 0 Å². The molecule has 1 aliphatic heterocycles. The molecule has 1 aliphatic rings. The van der Waals surface area contributed by atoms with Crippen LogP contribution in [0.25, 0.3) is 21.9 Å². The molecule has 1 heterocycles. The van der Waals surface area contributed by atoms with Gasteiger partial charge in [0.25, 0.3) is 0 Å². The van der Waals surface area contributed by atoms with Crippen molar-refractivity contribution in [1.82, 2.24) is 0 Å². The summed E-state index contributed by atoms with van der Waals surface area (Å²) in [6.07, 6.45) is 0. The predicted octanol–water partition coefficient (Wildman–Crippen LogP) is 6.49. The van der Waals surface area contributed by atoms with Gasteiger partial charge in [0.1, 0.15) is 0 Å². The van der Waals surface area contributed by atoms with Crippen LogP contribution in [-0.4, -0.2) is 5.11 Å². The van der Waals surface area contributed by atoms with E-state index in [4.69, 9.17) is 20.9 Å². The fourth-order valence-electron chi connectivity index (χ4n) is 4.74. The number of phenolic OH excluding ortho intramolecular Hbond substituents is 1. The Hall–Kier alpha value is -3.20. The van der Waals surface area contributed by atoms with E-state index in [-0.39, 0.29) is 5.75 Å². The molecule has 1 saturated heterocycles. The van der Waals surface area contributed by atoms with E-state index in [1.165, 1.54) is 0 Å². The normalized spacial score (nSPS) is 17.2. The van der Waals surface area contributed by atoms with E-state index in [1.54, 1.807) is 6.07 Å². The Morgan fingerprint density at radius 2 is 1.15 bits per heavy atom. The summed E-state index contributed by atoms with van der Waals surface area (Å²) >= 11 is 6.50. The molecule has 0 aliphatic carbocycles. The second kappa shape index (κ2) is 7.41. The Morgan fingerprint density at radius 1 is 0.606 bits per heavy atom. The molecule has 0 saturated carbocycles. The zero-order chi connectivity index (χ0) is 22.5. The summed E-state index contributed by atoms with van der Waals surface area (Å²) in [4.78, 5) is 0. The van der Waals surface area contributed by atoms with Crippen LogP contribution in [0.1, 0.15) is 0 Å². The van der Waals surface area contributed by atoms with Gasteiger partial charge < -0.3 is 0 Å². The monoisotopic (exact) mass is 470 g/mol. The van der Waals surface area contributed by atoms with Crippen LogP contribution in [0.5, 0.6) is 5.75 Å². The van der Waals surface area contributed by atoms with Crippen LogP contribution < -0.4 is 15.9 Å². The molecule has 5 aromatic rings. The number of benzene rings is 5. The average Bonchev–Trinajstić information content (AvgIpc) is 3.64. The van der Waals surface area contributed by atoms with Gasteiger partial charge in [-0.15, -0.1) is 0 Å². The van der Waals surface area contributed by atoms with Crippen molar-refractivity contribution in [3.63, 3.8) is 0 Å². The number of fused-ring (bicyclic) bond motifs is 1. The van der Waals surface area contributed by atoms with Crippen molar-refractivity contribution in [3.8, 4) is 16.9 Å². The Balaban J connectivity index is 1.85. The minimum absolute atomic E-state index is 0.184. The van der Waals surface area contributed by atoms with E-state index < -0.39 is 7.06 Å². The molecule has 0 amide bonds. The molecule has 0 spiro atoms. The summed E-state index contributed by atoms with van der Waals surface area (Å²) in [6, 6.07) is 37.5. The molecule has 1 N–H and O–H groups in total. The van der Waals surface area contributed by atoms with Crippen LogP contribution >= 0.6 is 18.7 Å². The molecule has 0 bridgehead atoms. The van der Waals surface area contributed by atoms with Gasteiger partial charge in [-0.05, 0) is 0 Å². The third kappa shape index (κ3) is 2.88. The summed E-state index contributed by atoms with van der Waals surface area (Å²) in [5.74, 6) is 0.184. The van der Waals surface area contributed by atoms with Crippen LogP contribution in [0, 0.1) is 0 Å². The van der Waals surface area contributed by atoms with Crippen molar-refractivity contribution in [2.45, 2.75) is 0 Å². The van der Waals surface area contributed by atoms with Crippen molar-refractivity contribution in [2.75, 3.05) is 0 Å². The topological polar surface area (TPSA) is 45.3 Å². The number of halogens is 1. The second-order valence-corrected chi connectivity index (χ2v) is 12.3. The van der Waals surface area contributed by atoms with Crippen molar-refractivity contribution in [2.24, 2.45) is 0 Å². The molecular formula is C28H20ClO3P. The predicted molar refractivity (Wildman–Crippen MR) is 137 cm³/mol. The van der Waals surface area contributed by atoms with Gasteiger partial charge in [-0.25, -0.2) is 0 Å². The molecule has 3 nitrogen and oxygen atoms in total. The number of aromatic hydroxyl groups is 1. The van der Waals surface area contributed by atoms with Crippen molar-refractivity contribution in [3.05, 3.63) is 120 Å². The first-order valence-corrected chi connectivity index (χ1v) is 13.1. The quantitative estimate of drug-likeness (QED) is 0.185. The molecule has 1 fully saturated rings. The van der Waals surface area contributed by atoms with Crippen LogP contribution in [-0.2, 0) is 9.35 Å². The maximum absolute atomic E-state index is 11.0. The van der Waals surface area contributed by atoms with Crippen LogP contribution in [0.4, 0.5) is 0 Å². The molecule has 5 aromatic carbocycles. The average molecular weight is 471 g/mol. The molecule has 0 unspecified atom stereocenters. The molecule has 5 heteroatoms. The first-order valence-electron chi connectivity index (χ1n) is 10.7. The van der Waals surface area contributed by atoms with E-state index in [1.807, 2.05) is 84.9 Å². The van der Waals surface area contributed by atoms with Gasteiger partial charge in [-0.2, -0.15) is 0 Å².